The molecule has 0 radical (unpaired) electrons. The minimum Gasteiger partial charge on any atom is -0.464 e. The van der Waals surface area contributed by atoms with Crippen LogP contribution in [0.5, 0.6) is 0 Å². The summed E-state index contributed by atoms with van der Waals surface area (Å²) < 4.78 is 5.67. The van der Waals surface area contributed by atoms with Crippen molar-refractivity contribution >= 4 is 35.6 Å². The van der Waals surface area contributed by atoms with Gasteiger partial charge in [-0.3, -0.25) is 10.1 Å². The number of furan rings is 1. The Balaban J connectivity index is 0.00000364. The summed E-state index contributed by atoms with van der Waals surface area (Å²) in [7, 11) is 0. The predicted octanol–water partition coefficient (Wildman–Crippen LogP) is 4.71. The van der Waals surface area contributed by atoms with Crippen molar-refractivity contribution in [3.8, 4) is 0 Å². The number of aryl methyl sites for hydroxylation is 1. The Morgan fingerprint density at radius 1 is 1.19 bits per heavy atom. The van der Waals surface area contributed by atoms with E-state index in [2.05, 4.69) is 29.5 Å². The lowest BCUT2D eigenvalue weighted by Crippen LogP contribution is -2.43. The number of non-ortho nitro benzene ring substituents is 1. The van der Waals surface area contributed by atoms with Gasteiger partial charge in [0.25, 0.3) is 5.69 Å². The fourth-order valence-electron chi connectivity index (χ4n) is 2.32. The monoisotopic (exact) mass is 486 g/mol. The van der Waals surface area contributed by atoms with Gasteiger partial charge in [0.15, 0.2) is 5.96 Å². The molecule has 7 nitrogen and oxygen atoms in total. The van der Waals surface area contributed by atoms with Crippen LogP contribution in [-0.2, 0) is 6.54 Å². The van der Waals surface area contributed by atoms with Crippen molar-refractivity contribution in [1.29, 1.82) is 0 Å². The van der Waals surface area contributed by atoms with E-state index in [1.807, 2.05) is 26.0 Å². The van der Waals surface area contributed by atoms with E-state index in [0.29, 0.717) is 12.5 Å². The number of benzene rings is 1. The molecule has 0 aliphatic rings. The van der Waals surface area contributed by atoms with Crippen LogP contribution in [-0.4, -0.2) is 16.9 Å². The standard InChI is InChI=1S/C19H26N4O3.HI/c1-5-13(2)21-19(22-15(4)18-11-6-14(3)26-18)20-12-16-7-9-17(10-8-16)23(24)25;/h6-11,13,15H,5,12H2,1-4H3,(H2,20,21,22);1H. The van der Waals surface area contributed by atoms with Crippen molar-refractivity contribution in [2.24, 2.45) is 4.99 Å². The van der Waals surface area contributed by atoms with Gasteiger partial charge < -0.3 is 15.1 Å². The molecule has 0 spiro atoms. The zero-order valence-electron chi connectivity index (χ0n) is 16.1. The van der Waals surface area contributed by atoms with E-state index in [4.69, 9.17) is 4.42 Å². The van der Waals surface area contributed by atoms with E-state index in [-0.39, 0.29) is 41.7 Å². The molecule has 0 aliphatic carbocycles. The number of guanidine groups is 1. The fourth-order valence-corrected chi connectivity index (χ4v) is 2.32. The Hall–Kier alpha value is -2.10. The van der Waals surface area contributed by atoms with Gasteiger partial charge in [-0.15, -0.1) is 24.0 Å². The molecule has 0 aliphatic heterocycles. The molecule has 2 aromatic rings. The van der Waals surface area contributed by atoms with Crippen LogP contribution in [0.1, 0.15) is 50.3 Å². The maximum Gasteiger partial charge on any atom is 0.269 e. The fraction of sp³-hybridized carbons (Fsp3) is 0.421. The van der Waals surface area contributed by atoms with Crippen LogP contribution >= 0.6 is 24.0 Å². The normalized spacial score (nSPS) is 13.4. The molecule has 2 rings (SSSR count). The second-order valence-corrected chi connectivity index (χ2v) is 6.36. The van der Waals surface area contributed by atoms with Crippen molar-refractivity contribution in [2.75, 3.05) is 0 Å². The first-order valence-corrected chi connectivity index (χ1v) is 8.76. The van der Waals surface area contributed by atoms with Crippen LogP contribution in [0.4, 0.5) is 5.69 Å². The summed E-state index contributed by atoms with van der Waals surface area (Å²) in [6.45, 7) is 8.54. The van der Waals surface area contributed by atoms with Gasteiger partial charge in [0.2, 0.25) is 0 Å². The number of rotatable bonds is 7. The SMILES string of the molecule is CCC(C)NC(=NCc1ccc([N+](=O)[O-])cc1)NC(C)c1ccc(C)o1.I. The number of nitro groups is 1. The molecule has 0 saturated heterocycles. The average molecular weight is 486 g/mol. The largest absolute Gasteiger partial charge is 0.464 e. The van der Waals surface area contributed by atoms with Gasteiger partial charge in [-0.2, -0.15) is 0 Å². The van der Waals surface area contributed by atoms with E-state index < -0.39 is 4.92 Å². The lowest BCUT2D eigenvalue weighted by atomic mass is 10.2. The summed E-state index contributed by atoms with van der Waals surface area (Å²) in [5.74, 6) is 2.39. The lowest BCUT2D eigenvalue weighted by molar-refractivity contribution is -0.384. The van der Waals surface area contributed by atoms with E-state index in [1.54, 1.807) is 12.1 Å². The van der Waals surface area contributed by atoms with Gasteiger partial charge in [-0.1, -0.05) is 19.1 Å². The van der Waals surface area contributed by atoms with Crippen LogP contribution in [0.25, 0.3) is 0 Å². The number of halogens is 1. The number of nitrogens with zero attached hydrogens (tertiary/aromatic N) is 2. The Labute approximate surface area is 176 Å². The first-order valence-electron chi connectivity index (χ1n) is 8.76. The molecule has 1 aromatic heterocycles. The maximum absolute atomic E-state index is 10.7. The first-order chi connectivity index (χ1) is 12.4. The third-order valence-corrected chi connectivity index (χ3v) is 4.10. The molecule has 0 amide bonds. The zero-order valence-corrected chi connectivity index (χ0v) is 18.4. The second kappa shape index (κ2) is 10.9. The van der Waals surface area contributed by atoms with Crippen molar-refractivity contribution in [3.05, 3.63) is 63.6 Å². The summed E-state index contributed by atoms with van der Waals surface area (Å²) in [6.07, 6.45) is 0.965. The van der Waals surface area contributed by atoms with Crippen molar-refractivity contribution in [2.45, 2.75) is 52.7 Å². The van der Waals surface area contributed by atoms with Crippen LogP contribution in [0.2, 0.25) is 0 Å². The van der Waals surface area contributed by atoms with Gasteiger partial charge in [-0.05, 0) is 44.9 Å². The van der Waals surface area contributed by atoms with Gasteiger partial charge >= 0.3 is 0 Å². The van der Waals surface area contributed by atoms with E-state index in [9.17, 15) is 10.1 Å². The Bertz CT molecular complexity index is 759. The highest BCUT2D eigenvalue weighted by atomic mass is 127. The molecule has 0 bridgehead atoms. The number of nitro benzene ring substituents is 1. The highest BCUT2D eigenvalue weighted by Crippen LogP contribution is 2.16. The minimum atomic E-state index is -0.405. The number of nitrogens with one attached hydrogen (secondary N) is 2. The van der Waals surface area contributed by atoms with Gasteiger partial charge in [0.05, 0.1) is 17.5 Å². The van der Waals surface area contributed by atoms with Crippen LogP contribution in [0, 0.1) is 17.0 Å². The maximum atomic E-state index is 10.7. The molecule has 0 fully saturated rings. The summed E-state index contributed by atoms with van der Waals surface area (Å²) in [5, 5.41) is 17.5. The smallest absolute Gasteiger partial charge is 0.269 e. The van der Waals surface area contributed by atoms with E-state index in [0.717, 1.165) is 23.5 Å². The third-order valence-electron chi connectivity index (χ3n) is 4.10. The molecule has 2 N–H and O–H groups in total. The van der Waals surface area contributed by atoms with Gasteiger partial charge in [0, 0.05) is 18.2 Å². The molecular formula is C19H27IN4O3. The number of hydrogen-bond acceptors (Lipinski definition) is 4. The molecule has 2 unspecified atom stereocenters. The van der Waals surface area contributed by atoms with Crippen molar-refractivity contribution in [1.82, 2.24) is 10.6 Å². The second-order valence-electron chi connectivity index (χ2n) is 6.36. The molecule has 0 saturated carbocycles. The summed E-state index contributed by atoms with van der Waals surface area (Å²) in [6, 6.07) is 10.6. The summed E-state index contributed by atoms with van der Waals surface area (Å²) >= 11 is 0. The van der Waals surface area contributed by atoms with Gasteiger partial charge in [-0.25, -0.2) is 4.99 Å². The van der Waals surface area contributed by atoms with Crippen LogP contribution in [0.15, 0.2) is 45.8 Å². The van der Waals surface area contributed by atoms with E-state index in [1.165, 1.54) is 12.1 Å². The molecule has 1 heterocycles. The quantitative estimate of drug-likeness (QED) is 0.195. The summed E-state index contributed by atoms with van der Waals surface area (Å²) in [5.41, 5.74) is 0.984. The molecule has 8 heteroatoms. The number of hydrogen-bond donors (Lipinski definition) is 2. The Morgan fingerprint density at radius 2 is 1.85 bits per heavy atom. The Kier molecular flexibility index (Phi) is 9.27. The summed E-state index contributed by atoms with van der Waals surface area (Å²) in [4.78, 5) is 14.9. The van der Waals surface area contributed by atoms with E-state index >= 15 is 0 Å². The topological polar surface area (TPSA) is 92.7 Å². The zero-order chi connectivity index (χ0) is 19.1. The van der Waals surface area contributed by atoms with Crippen molar-refractivity contribution in [3.63, 3.8) is 0 Å². The average Bonchev–Trinajstić information content (AvgIpc) is 3.06. The van der Waals surface area contributed by atoms with Gasteiger partial charge in [0.1, 0.15) is 11.5 Å². The predicted molar refractivity (Wildman–Crippen MR) is 118 cm³/mol. The molecular weight excluding hydrogens is 459 g/mol. The molecule has 27 heavy (non-hydrogen) atoms. The van der Waals surface area contributed by atoms with Crippen LogP contribution in [0.3, 0.4) is 0 Å². The minimum absolute atomic E-state index is 0. The Morgan fingerprint density at radius 3 is 2.37 bits per heavy atom. The highest BCUT2D eigenvalue weighted by molar-refractivity contribution is 14.0. The van der Waals surface area contributed by atoms with Crippen LogP contribution < -0.4 is 10.6 Å². The third kappa shape index (κ3) is 7.20. The highest BCUT2D eigenvalue weighted by Gasteiger charge is 2.13. The lowest BCUT2D eigenvalue weighted by Gasteiger charge is -2.20. The molecule has 148 valence electrons. The number of aliphatic imine (C=N–C) groups is 1. The molecule has 2 atom stereocenters. The van der Waals surface area contributed by atoms with Crippen molar-refractivity contribution < 1.29 is 9.34 Å². The first kappa shape index (κ1) is 22.9. The molecule has 1 aromatic carbocycles.